The lowest BCUT2D eigenvalue weighted by atomic mass is 10.3. The highest BCUT2D eigenvalue weighted by atomic mass is 79.9. The van der Waals surface area contributed by atoms with Crippen LogP contribution in [0.3, 0.4) is 0 Å². The van der Waals surface area contributed by atoms with Gasteiger partial charge in [-0.3, -0.25) is 4.79 Å². The van der Waals surface area contributed by atoms with E-state index in [0.29, 0.717) is 6.42 Å². The number of halogens is 1. The molecule has 74 valence electrons. The van der Waals surface area contributed by atoms with Crippen LogP contribution in [-0.2, 0) is 4.79 Å². The van der Waals surface area contributed by atoms with E-state index >= 15 is 0 Å². The van der Waals surface area contributed by atoms with Gasteiger partial charge in [0.2, 0.25) is 5.91 Å². The van der Waals surface area contributed by atoms with Gasteiger partial charge in [0.15, 0.2) is 0 Å². The molecule has 0 aromatic heterocycles. The van der Waals surface area contributed by atoms with Crippen molar-refractivity contribution in [3.05, 3.63) is 28.7 Å². The molecule has 14 heavy (non-hydrogen) atoms. The van der Waals surface area contributed by atoms with Crippen LogP contribution in [0.1, 0.15) is 12.8 Å². The molecule has 0 bridgehead atoms. The number of anilines is 1. The fourth-order valence-electron chi connectivity index (χ4n) is 1.47. The van der Waals surface area contributed by atoms with Gasteiger partial charge in [0.25, 0.3) is 0 Å². The van der Waals surface area contributed by atoms with Crippen molar-refractivity contribution < 1.29 is 4.79 Å². The van der Waals surface area contributed by atoms with Crippen LogP contribution in [0.4, 0.5) is 5.69 Å². The maximum Gasteiger partial charge on any atom is 0.221 e. The Hall–Kier alpha value is -1.03. The number of carbonyl (C=O) groups is 1. The third-order valence-electron chi connectivity index (χ3n) is 2.18. The van der Waals surface area contributed by atoms with Crippen LogP contribution < -0.4 is 10.6 Å². The summed E-state index contributed by atoms with van der Waals surface area (Å²) in [5, 5.41) is 6.10. The van der Waals surface area contributed by atoms with Crippen LogP contribution in [0, 0.1) is 0 Å². The normalized spacial score (nSPS) is 20.6. The van der Waals surface area contributed by atoms with E-state index in [0.717, 1.165) is 16.6 Å². The van der Waals surface area contributed by atoms with Gasteiger partial charge in [-0.2, -0.15) is 0 Å². The van der Waals surface area contributed by atoms with Crippen molar-refractivity contribution in [1.29, 1.82) is 0 Å². The highest BCUT2D eigenvalue weighted by Crippen LogP contribution is 2.16. The lowest BCUT2D eigenvalue weighted by Gasteiger charge is -2.13. The molecule has 1 aliphatic rings. The minimum Gasteiger partial charge on any atom is -0.365 e. The summed E-state index contributed by atoms with van der Waals surface area (Å²) >= 11 is 3.37. The van der Waals surface area contributed by atoms with E-state index in [2.05, 4.69) is 26.6 Å². The third kappa shape index (κ3) is 2.26. The Labute approximate surface area is 91.0 Å². The van der Waals surface area contributed by atoms with Crippen LogP contribution in [-0.4, -0.2) is 12.1 Å². The van der Waals surface area contributed by atoms with Crippen LogP contribution in [0.25, 0.3) is 0 Å². The molecule has 4 heteroatoms. The number of hydrogen-bond donors (Lipinski definition) is 2. The molecule has 0 radical (unpaired) electrons. The van der Waals surface area contributed by atoms with Crippen molar-refractivity contribution in [3.63, 3.8) is 0 Å². The van der Waals surface area contributed by atoms with Crippen molar-refractivity contribution in [3.8, 4) is 0 Å². The molecule has 1 saturated heterocycles. The first kappa shape index (κ1) is 9.52. The van der Waals surface area contributed by atoms with Gasteiger partial charge in [0, 0.05) is 16.6 Å². The average molecular weight is 255 g/mol. The molecule has 1 aromatic carbocycles. The van der Waals surface area contributed by atoms with Crippen LogP contribution in [0.2, 0.25) is 0 Å². The number of hydrogen-bond acceptors (Lipinski definition) is 2. The topological polar surface area (TPSA) is 41.1 Å². The minimum absolute atomic E-state index is 0.0867. The van der Waals surface area contributed by atoms with E-state index in [1.54, 1.807) is 0 Å². The van der Waals surface area contributed by atoms with Gasteiger partial charge < -0.3 is 10.6 Å². The minimum atomic E-state index is 0.0867. The summed E-state index contributed by atoms with van der Waals surface area (Å²) in [6, 6.07) is 7.90. The molecule has 1 aromatic rings. The molecule has 0 spiro atoms. The molecule has 2 N–H and O–H groups in total. The van der Waals surface area contributed by atoms with E-state index in [-0.39, 0.29) is 12.1 Å². The fraction of sp³-hybridized carbons (Fsp3) is 0.300. The molecule has 0 saturated carbocycles. The van der Waals surface area contributed by atoms with Crippen molar-refractivity contribution in [2.45, 2.75) is 19.0 Å². The summed E-state index contributed by atoms with van der Waals surface area (Å²) in [5.74, 6) is 0.125. The summed E-state index contributed by atoms with van der Waals surface area (Å²) in [6.45, 7) is 0. The number of nitrogens with one attached hydrogen (secondary N) is 2. The quantitative estimate of drug-likeness (QED) is 0.849. The fourth-order valence-corrected chi connectivity index (χ4v) is 1.73. The molecular formula is C10H11BrN2O. The first-order chi connectivity index (χ1) is 6.74. The SMILES string of the molecule is O=C1CCC(Nc2ccc(Br)cc2)N1. The molecule has 1 atom stereocenters. The molecule has 1 aliphatic heterocycles. The predicted molar refractivity (Wildman–Crippen MR) is 58.9 cm³/mol. The highest BCUT2D eigenvalue weighted by molar-refractivity contribution is 9.10. The molecule has 2 rings (SSSR count). The second-order valence-corrected chi connectivity index (χ2v) is 4.23. The van der Waals surface area contributed by atoms with E-state index in [1.165, 1.54) is 0 Å². The maximum atomic E-state index is 10.9. The zero-order chi connectivity index (χ0) is 9.97. The first-order valence-corrected chi connectivity index (χ1v) is 5.35. The van der Waals surface area contributed by atoms with E-state index in [9.17, 15) is 4.79 Å². The Morgan fingerprint density at radius 3 is 2.64 bits per heavy atom. The third-order valence-corrected chi connectivity index (χ3v) is 2.71. The molecule has 1 heterocycles. The van der Waals surface area contributed by atoms with Crippen LogP contribution in [0.15, 0.2) is 28.7 Å². The van der Waals surface area contributed by atoms with Crippen LogP contribution in [0.5, 0.6) is 0 Å². The Bertz CT molecular complexity index is 336. The molecule has 0 aliphatic carbocycles. The van der Waals surface area contributed by atoms with Crippen LogP contribution >= 0.6 is 15.9 Å². The zero-order valence-corrected chi connectivity index (χ0v) is 9.17. The number of benzene rings is 1. The first-order valence-electron chi connectivity index (χ1n) is 4.55. The molecule has 1 amide bonds. The molecular weight excluding hydrogens is 244 g/mol. The Morgan fingerprint density at radius 2 is 2.07 bits per heavy atom. The highest BCUT2D eigenvalue weighted by Gasteiger charge is 2.19. The second-order valence-electron chi connectivity index (χ2n) is 3.31. The summed E-state index contributed by atoms with van der Waals surface area (Å²) in [6.07, 6.45) is 1.56. The molecule has 1 unspecified atom stereocenters. The number of amides is 1. The number of carbonyl (C=O) groups excluding carboxylic acids is 1. The maximum absolute atomic E-state index is 10.9. The van der Waals surface area contributed by atoms with E-state index in [4.69, 9.17) is 0 Å². The van der Waals surface area contributed by atoms with Gasteiger partial charge >= 0.3 is 0 Å². The summed E-state index contributed by atoms with van der Waals surface area (Å²) in [4.78, 5) is 10.9. The average Bonchev–Trinajstić information content (AvgIpc) is 2.56. The van der Waals surface area contributed by atoms with Crippen molar-refractivity contribution in [2.75, 3.05) is 5.32 Å². The van der Waals surface area contributed by atoms with Crippen molar-refractivity contribution in [1.82, 2.24) is 5.32 Å². The second kappa shape index (κ2) is 4.00. The van der Waals surface area contributed by atoms with Gasteiger partial charge in [-0.05, 0) is 30.7 Å². The number of rotatable bonds is 2. The Balaban J connectivity index is 1.97. The van der Waals surface area contributed by atoms with Gasteiger partial charge in [-0.15, -0.1) is 0 Å². The monoisotopic (exact) mass is 254 g/mol. The van der Waals surface area contributed by atoms with Gasteiger partial charge in [-0.25, -0.2) is 0 Å². The standard InChI is InChI=1S/C10H11BrN2O/c11-7-1-3-8(4-2-7)12-9-5-6-10(14)13-9/h1-4,9,12H,5-6H2,(H,13,14). The van der Waals surface area contributed by atoms with Crippen molar-refractivity contribution >= 4 is 27.5 Å². The molecule has 1 fully saturated rings. The van der Waals surface area contributed by atoms with Gasteiger partial charge in [0.1, 0.15) is 0 Å². The molecule has 3 nitrogen and oxygen atoms in total. The largest absolute Gasteiger partial charge is 0.365 e. The smallest absolute Gasteiger partial charge is 0.221 e. The lowest BCUT2D eigenvalue weighted by Crippen LogP contribution is -2.32. The van der Waals surface area contributed by atoms with E-state index < -0.39 is 0 Å². The predicted octanol–water partition coefficient (Wildman–Crippen LogP) is 2.10. The summed E-state index contributed by atoms with van der Waals surface area (Å²) < 4.78 is 1.05. The summed E-state index contributed by atoms with van der Waals surface area (Å²) in [5.41, 5.74) is 1.03. The van der Waals surface area contributed by atoms with Gasteiger partial charge in [-0.1, -0.05) is 15.9 Å². The summed E-state index contributed by atoms with van der Waals surface area (Å²) in [7, 11) is 0. The zero-order valence-electron chi connectivity index (χ0n) is 7.59. The Morgan fingerprint density at radius 1 is 1.36 bits per heavy atom. The van der Waals surface area contributed by atoms with Gasteiger partial charge in [0.05, 0.1) is 6.17 Å². The van der Waals surface area contributed by atoms with E-state index in [1.807, 2.05) is 24.3 Å². The van der Waals surface area contributed by atoms with Crippen molar-refractivity contribution in [2.24, 2.45) is 0 Å². The Kier molecular flexibility index (Phi) is 2.72. The lowest BCUT2D eigenvalue weighted by molar-refractivity contribution is -0.119.